The SMILES string of the molecule is O=C(O)C(O)c1cccc(CC2(O)CC2)c1. The van der Waals surface area contributed by atoms with Gasteiger partial charge >= 0.3 is 5.97 Å². The maximum Gasteiger partial charge on any atom is 0.337 e. The van der Waals surface area contributed by atoms with Crippen molar-refractivity contribution in [3.63, 3.8) is 0 Å². The number of hydrogen-bond acceptors (Lipinski definition) is 3. The van der Waals surface area contributed by atoms with Crippen molar-refractivity contribution >= 4 is 5.97 Å². The van der Waals surface area contributed by atoms with E-state index < -0.39 is 17.7 Å². The maximum atomic E-state index is 10.6. The normalized spacial score (nSPS) is 19.1. The fourth-order valence-electron chi connectivity index (χ4n) is 1.72. The van der Waals surface area contributed by atoms with Crippen molar-refractivity contribution in [3.8, 4) is 0 Å². The van der Waals surface area contributed by atoms with Crippen LogP contribution in [0.15, 0.2) is 24.3 Å². The standard InChI is InChI=1S/C12H14O4/c13-10(11(14)15)9-3-1-2-8(6-9)7-12(16)4-5-12/h1-3,6,10,13,16H,4-5,7H2,(H,14,15). The molecular weight excluding hydrogens is 208 g/mol. The summed E-state index contributed by atoms with van der Waals surface area (Å²) in [6.45, 7) is 0. The average molecular weight is 222 g/mol. The second-order valence-electron chi connectivity index (χ2n) is 4.39. The number of benzene rings is 1. The van der Waals surface area contributed by atoms with Crippen molar-refractivity contribution in [2.24, 2.45) is 0 Å². The van der Waals surface area contributed by atoms with Crippen molar-refractivity contribution in [1.82, 2.24) is 0 Å². The lowest BCUT2D eigenvalue weighted by Crippen LogP contribution is -2.13. The molecule has 1 aliphatic rings. The lowest BCUT2D eigenvalue weighted by molar-refractivity contribution is -0.146. The van der Waals surface area contributed by atoms with Gasteiger partial charge in [0.2, 0.25) is 0 Å². The smallest absolute Gasteiger partial charge is 0.337 e. The number of carbonyl (C=O) groups is 1. The number of aliphatic hydroxyl groups excluding tert-OH is 1. The second-order valence-corrected chi connectivity index (χ2v) is 4.39. The monoisotopic (exact) mass is 222 g/mol. The zero-order chi connectivity index (χ0) is 11.8. The van der Waals surface area contributed by atoms with Gasteiger partial charge in [-0.25, -0.2) is 4.79 Å². The minimum Gasteiger partial charge on any atom is -0.479 e. The molecule has 0 aromatic heterocycles. The Morgan fingerprint density at radius 3 is 2.69 bits per heavy atom. The van der Waals surface area contributed by atoms with Crippen molar-refractivity contribution < 1.29 is 20.1 Å². The Labute approximate surface area is 93.2 Å². The topological polar surface area (TPSA) is 77.8 Å². The largest absolute Gasteiger partial charge is 0.479 e. The van der Waals surface area contributed by atoms with Gasteiger partial charge in [0.05, 0.1) is 5.60 Å². The van der Waals surface area contributed by atoms with Gasteiger partial charge in [0, 0.05) is 6.42 Å². The summed E-state index contributed by atoms with van der Waals surface area (Å²) in [5.41, 5.74) is 0.610. The van der Waals surface area contributed by atoms with E-state index in [-0.39, 0.29) is 0 Å². The molecule has 4 heteroatoms. The first-order chi connectivity index (χ1) is 7.50. The Morgan fingerprint density at radius 2 is 2.12 bits per heavy atom. The van der Waals surface area contributed by atoms with E-state index in [1.54, 1.807) is 18.2 Å². The van der Waals surface area contributed by atoms with E-state index in [1.807, 2.05) is 6.07 Å². The lowest BCUT2D eigenvalue weighted by Gasteiger charge is -2.10. The van der Waals surface area contributed by atoms with Crippen LogP contribution in [0.3, 0.4) is 0 Å². The highest BCUT2D eigenvalue weighted by molar-refractivity contribution is 5.74. The molecule has 0 heterocycles. The van der Waals surface area contributed by atoms with Crippen LogP contribution in [0.5, 0.6) is 0 Å². The molecule has 0 amide bonds. The summed E-state index contributed by atoms with van der Waals surface area (Å²) in [5.74, 6) is -1.26. The molecule has 1 atom stereocenters. The van der Waals surface area contributed by atoms with E-state index >= 15 is 0 Å². The van der Waals surface area contributed by atoms with Crippen LogP contribution in [0, 0.1) is 0 Å². The van der Waals surface area contributed by atoms with Crippen LogP contribution < -0.4 is 0 Å². The van der Waals surface area contributed by atoms with Gasteiger partial charge in [0.1, 0.15) is 0 Å². The fraction of sp³-hybridized carbons (Fsp3) is 0.417. The summed E-state index contributed by atoms with van der Waals surface area (Å²) in [4.78, 5) is 10.6. The van der Waals surface area contributed by atoms with Crippen molar-refractivity contribution in [1.29, 1.82) is 0 Å². The third-order valence-corrected chi connectivity index (χ3v) is 2.86. The molecule has 1 aromatic rings. The first kappa shape index (κ1) is 11.1. The second kappa shape index (κ2) is 3.88. The van der Waals surface area contributed by atoms with Crippen LogP contribution >= 0.6 is 0 Å². The number of aliphatic carboxylic acids is 1. The Morgan fingerprint density at radius 1 is 1.44 bits per heavy atom. The Bertz CT molecular complexity index is 409. The molecule has 16 heavy (non-hydrogen) atoms. The summed E-state index contributed by atoms with van der Waals surface area (Å²) in [6, 6.07) is 6.73. The lowest BCUT2D eigenvalue weighted by atomic mass is 10.0. The highest BCUT2D eigenvalue weighted by atomic mass is 16.4. The third kappa shape index (κ3) is 2.40. The first-order valence-electron chi connectivity index (χ1n) is 5.22. The number of aliphatic hydroxyl groups is 2. The molecular formula is C12H14O4. The summed E-state index contributed by atoms with van der Waals surface area (Å²) in [5, 5.41) is 27.8. The summed E-state index contributed by atoms with van der Waals surface area (Å²) < 4.78 is 0. The summed E-state index contributed by atoms with van der Waals surface area (Å²) in [7, 11) is 0. The van der Waals surface area contributed by atoms with Gasteiger partial charge in [-0.15, -0.1) is 0 Å². The van der Waals surface area contributed by atoms with Gasteiger partial charge in [-0.2, -0.15) is 0 Å². The first-order valence-corrected chi connectivity index (χ1v) is 5.22. The van der Waals surface area contributed by atoms with Crippen LogP contribution in [0.25, 0.3) is 0 Å². The van der Waals surface area contributed by atoms with Crippen molar-refractivity contribution in [3.05, 3.63) is 35.4 Å². The van der Waals surface area contributed by atoms with Crippen LogP contribution in [-0.4, -0.2) is 26.9 Å². The number of rotatable bonds is 4. The van der Waals surface area contributed by atoms with Crippen LogP contribution in [-0.2, 0) is 11.2 Å². The number of hydrogen-bond donors (Lipinski definition) is 3. The molecule has 1 aliphatic carbocycles. The highest BCUT2D eigenvalue weighted by Crippen LogP contribution is 2.38. The minimum atomic E-state index is -1.49. The minimum absolute atomic E-state index is 0.356. The van der Waals surface area contributed by atoms with E-state index in [0.717, 1.165) is 18.4 Å². The molecule has 86 valence electrons. The molecule has 1 aromatic carbocycles. The third-order valence-electron chi connectivity index (χ3n) is 2.86. The Balaban J connectivity index is 2.15. The Kier molecular flexibility index (Phi) is 2.69. The van der Waals surface area contributed by atoms with Crippen molar-refractivity contribution in [2.75, 3.05) is 0 Å². The van der Waals surface area contributed by atoms with Gasteiger partial charge in [0.15, 0.2) is 6.10 Å². The van der Waals surface area contributed by atoms with E-state index in [0.29, 0.717) is 12.0 Å². The van der Waals surface area contributed by atoms with E-state index in [4.69, 9.17) is 5.11 Å². The van der Waals surface area contributed by atoms with Gasteiger partial charge in [-0.05, 0) is 24.0 Å². The predicted molar refractivity (Wildman–Crippen MR) is 56.9 cm³/mol. The van der Waals surface area contributed by atoms with Crippen LogP contribution in [0.1, 0.15) is 30.1 Å². The maximum absolute atomic E-state index is 10.6. The van der Waals surface area contributed by atoms with Crippen LogP contribution in [0.4, 0.5) is 0 Å². The molecule has 0 saturated heterocycles. The van der Waals surface area contributed by atoms with Gasteiger partial charge in [0.25, 0.3) is 0 Å². The zero-order valence-corrected chi connectivity index (χ0v) is 8.76. The predicted octanol–water partition coefficient (Wildman–Crippen LogP) is 0.872. The van der Waals surface area contributed by atoms with E-state index in [1.165, 1.54) is 0 Å². The van der Waals surface area contributed by atoms with Crippen LogP contribution in [0.2, 0.25) is 0 Å². The average Bonchev–Trinajstić information content (AvgIpc) is 2.95. The molecule has 2 rings (SSSR count). The van der Waals surface area contributed by atoms with Gasteiger partial charge in [-0.1, -0.05) is 24.3 Å². The van der Waals surface area contributed by atoms with Gasteiger partial charge in [-0.3, -0.25) is 0 Å². The summed E-state index contributed by atoms with van der Waals surface area (Å²) >= 11 is 0. The van der Waals surface area contributed by atoms with Gasteiger partial charge < -0.3 is 15.3 Å². The Hall–Kier alpha value is -1.39. The van der Waals surface area contributed by atoms with E-state index in [2.05, 4.69) is 0 Å². The molecule has 3 N–H and O–H groups in total. The summed E-state index contributed by atoms with van der Waals surface area (Å²) in [6.07, 6.45) is 0.610. The van der Waals surface area contributed by atoms with E-state index in [9.17, 15) is 15.0 Å². The number of carboxylic acid groups (broad SMARTS) is 1. The molecule has 4 nitrogen and oxygen atoms in total. The zero-order valence-electron chi connectivity index (χ0n) is 8.76. The molecule has 0 radical (unpaired) electrons. The quantitative estimate of drug-likeness (QED) is 0.706. The molecule has 1 unspecified atom stereocenters. The molecule has 1 fully saturated rings. The molecule has 0 bridgehead atoms. The fourth-order valence-corrected chi connectivity index (χ4v) is 1.72. The number of carboxylic acids is 1. The molecule has 0 spiro atoms. The van der Waals surface area contributed by atoms with Crippen molar-refractivity contribution in [2.45, 2.75) is 31.0 Å². The highest BCUT2D eigenvalue weighted by Gasteiger charge is 2.40. The molecule has 0 aliphatic heterocycles. The molecule has 1 saturated carbocycles.